The Morgan fingerprint density at radius 2 is 1.88 bits per heavy atom. The van der Waals surface area contributed by atoms with Crippen LogP contribution < -0.4 is 0 Å². The lowest BCUT2D eigenvalue weighted by atomic mass is 10.2. The zero-order valence-electron chi connectivity index (χ0n) is 9.16. The molecule has 0 bridgehead atoms. The highest BCUT2D eigenvalue weighted by molar-refractivity contribution is 5.95. The van der Waals surface area contributed by atoms with Gasteiger partial charge in [0.1, 0.15) is 11.9 Å². The van der Waals surface area contributed by atoms with Gasteiger partial charge in [0.25, 0.3) is 0 Å². The minimum Gasteiger partial charge on any atom is -0.508 e. The maximum absolute atomic E-state index is 11.1. The monoisotopic (exact) mass is 236 g/mol. The summed E-state index contributed by atoms with van der Waals surface area (Å²) in [6, 6.07) is 6.11. The van der Waals surface area contributed by atoms with Crippen LogP contribution in [0.25, 0.3) is 6.08 Å². The number of aliphatic hydroxyl groups excluding tert-OH is 1. The standard InChI is InChI=1S/C12H12O5/c1-8(13)12(16)17-11(15)7-4-9-2-5-10(14)6-3-9/h2-8,13-14H,1H3/b7-4+. The number of rotatable bonds is 3. The maximum Gasteiger partial charge on any atom is 0.342 e. The van der Waals surface area contributed by atoms with E-state index in [4.69, 9.17) is 10.2 Å². The minimum atomic E-state index is -1.33. The van der Waals surface area contributed by atoms with E-state index in [0.29, 0.717) is 5.56 Å². The van der Waals surface area contributed by atoms with Gasteiger partial charge in [0.05, 0.1) is 0 Å². The quantitative estimate of drug-likeness (QED) is 0.462. The van der Waals surface area contributed by atoms with E-state index in [1.165, 1.54) is 25.1 Å². The molecule has 0 spiro atoms. The molecule has 0 fully saturated rings. The first-order chi connectivity index (χ1) is 7.99. The van der Waals surface area contributed by atoms with Crippen LogP contribution in [0.4, 0.5) is 0 Å². The molecule has 1 unspecified atom stereocenters. The predicted octanol–water partition coefficient (Wildman–Crippen LogP) is 0.856. The summed E-state index contributed by atoms with van der Waals surface area (Å²) in [7, 11) is 0. The van der Waals surface area contributed by atoms with Gasteiger partial charge in [-0.3, -0.25) is 0 Å². The number of hydrogen-bond acceptors (Lipinski definition) is 5. The summed E-state index contributed by atoms with van der Waals surface area (Å²) in [6.07, 6.45) is 1.16. The topological polar surface area (TPSA) is 83.8 Å². The molecular formula is C12H12O5. The summed E-state index contributed by atoms with van der Waals surface area (Å²) in [6.45, 7) is 1.21. The van der Waals surface area contributed by atoms with E-state index in [0.717, 1.165) is 6.08 Å². The van der Waals surface area contributed by atoms with Crippen LogP contribution in [0.3, 0.4) is 0 Å². The van der Waals surface area contributed by atoms with Crippen LogP contribution in [0.15, 0.2) is 30.3 Å². The fourth-order valence-corrected chi connectivity index (χ4v) is 0.968. The summed E-state index contributed by atoms with van der Waals surface area (Å²) < 4.78 is 4.29. The summed E-state index contributed by atoms with van der Waals surface area (Å²) in [5.74, 6) is -1.73. The minimum absolute atomic E-state index is 0.119. The first kappa shape index (κ1) is 12.9. The Kier molecular flexibility index (Phi) is 4.42. The van der Waals surface area contributed by atoms with E-state index < -0.39 is 18.0 Å². The number of esters is 2. The van der Waals surface area contributed by atoms with Crippen molar-refractivity contribution < 1.29 is 24.5 Å². The van der Waals surface area contributed by atoms with Crippen molar-refractivity contribution in [3.8, 4) is 5.75 Å². The Balaban J connectivity index is 2.56. The van der Waals surface area contributed by atoms with E-state index in [1.54, 1.807) is 12.1 Å². The lowest BCUT2D eigenvalue weighted by Crippen LogP contribution is -2.21. The average Bonchev–Trinajstić information content (AvgIpc) is 2.28. The molecule has 0 aliphatic heterocycles. The van der Waals surface area contributed by atoms with Crippen LogP contribution in [-0.4, -0.2) is 28.3 Å². The molecule has 0 aromatic heterocycles. The van der Waals surface area contributed by atoms with Crippen LogP contribution in [-0.2, 0) is 14.3 Å². The number of carbonyl (C=O) groups excluding carboxylic acids is 2. The molecule has 1 aromatic carbocycles. The van der Waals surface area contributed by atoms with E-state index >= 15 is 0 Å². The van der Waals surface area contributed by atoms with Gasteiger partial charge in [-0.05, 0) is 30.7 Å². The van der Waals surface area contributed by atoms with Gasteiger partial charge < -0.3 is 14.9 Å². The lowest BCUT2D eigenvalue weighted by Gasteiger charge is -2.01. The average molecular weight is 236 g/mol. The Morgan fingerprint density at radius 3 is 2.41 bits per heavy atom. The molecule has 0 amide bonds. The molecule has 0 saturated heterocycles. The van der Waals surface area contributed by atoms with E-state index in [-0.39, 0.29) is 5.75 Å². The fourth-order valence-electron chi connectivity index (χ4n) is 0.968. The van der Waals surface area contributed by atoms with E-state index in [2.05, 4.69) is 4.74 Å². The molecule has 5 nitrogen and oxygen atoms in total. The molecular weight excluding hydrogens is 224 g/mol. The Morgan fingerprint density at radius 1 is 1.29 bits per heavy atom. The Bertz CT molecular complexity index is 431. The largest absolute Gasteiger partial charge is 0.508 e. The van der Waals surface area contributed by atoms with Crippen molar-refractivity contribution in [1.82, 2.24) is 0 Å². The Hall–Kier alpha value is -2.14. The van der Waals surface area contributed by atoms with Crippen LogP contribution in [0.1, 0.15) is 12.5 Å². The highest BCUT2D eigenvalue weighted by Crippen LogP contribution is 2.10. The van der Waals surface area contributed by atoms with Crippen LogP contribution >= 0.6 is 0 Å². The molecule has 0 saturated carbocycles. The van der Waals surface area contributed by atoms with Gasteiger partial charge >= 0.3 is 11.9 Å². The molecule has 1 atom stereocenters. The number of benzene rings is 1. The van der Waals surface area contributed by atoms with Crippen LogP contribution in [0.5, 0.6) is 5.75 Å². The van der Waals surface area contributed by atoms with Crippen molar-refractivity contribution in [3.63, 3.8) is 0 Å². The molecule has 0 radical (unpaired) electrons. The van der Waals surface area contributed by atoms with Crippen molar-refractivity contribution >= 4 is 18.0 Å². The van der Waals surface area contributed by atoms with Gasteiger partial charge in [-0.2, -0.15) is 0 Å². The number of aliphatic hydroxyl groups is 1. The zero-order valence-corrected chi connectivity index (χ0v) is 9.16. The molecule has 5 heteroatoms. The second kappa shape index (κ2) is 5.81. The number of ether oxygens (including phenoxy) is 1. The molecule has 1 rings (SSSR count). The third-order valence-corrected chi connectivity index (χ3v) is 1.85. The number of hydrogen-bond donors (Lipinski definition) is 2. The van der Waals surface area contributed by atoms with Gasteiger partial charge in [-0.1, -0.05) is 12.1 Å². The van der Waals surface area contributed by atoms with Crippen molar-refractivity contribution in [3.05, 3.63) is 35.9 Å². The van der Waals surface area contributed by atoms with Gasteiger partial charge in [-0.15, -0.1) is 0 Å². The number of aromatic hydroxyl groups is 1. The lowest BCUT2D eigenvalue weighted by molar-refractivity contribution is -0.162. The number of carbonyl (C=O) groups is 2. The van der Waals surface area contributed by atoms with Crippen molar-refractivity contribution in [1.29, 1.82) is 0 Å². The fraction of sp³-hybridized carbons (Fsp3) is 0.167. The van der Waals surface area contributed by atoms with Gasteiger partial charge in [0.2, 0.25) is 0 Å². The molecule has 17 heavy (non-hydrogen) atoms. The molecule has 0 heterocycles. The van der Waals surface area contributed by atoms with Gasteiger partial charge in [-0.25, -0.2) is 9.59 Å². The van der Waals surface area contributed by atoms with Crippen LogP contribution in [0, 0.1) is 0 Å². The predicted molar refractivity (Wildman–Crippen MR) is 59.9 cm³/mol. The molecule has 90 valence electrons. The molecule has 1 aromatic rings. The summed E-state index contributed by atoms with van der Waals surface area (Å²) in [5.41, 5.74) is 0.671. The second-order valence-corrected chi connectivity index (χ2v) is 3.34. The van der Waals surface area contributed by atoms with Crippen LogP contribution in [0.2, 0.25) is 0 Å². The first-order valence-corrected chi connectivity index (χ1v) is 4.90. The Labute approximate surface area is 98.0 Å². The van der Waals surface area contributed by atoms with Crippen molar-refractivity contribution in [2.24, 2.45) is 0 Å². The van der Waals surface area contributed by atoms with Crippen molar-refractivity contribution in [2.75, 3.05) is 0 Å². The summed E-state index contributed by atoms with van der Waals surface area (Å²) >= 11 is 0. The third kappa shape index (κ3) is 4.48. The molecule has 0 aliphatic carbocycles. The molecule has 0 aliphatic rings. The smallest absolute Gasteiger partial charge is 0.342 e. The highest BCUT2D eigenvalue weighted by atomic mass is 16.6. The maximum atomic E-state index is 11.1. The van der Waals surface area contributed by atoms with E-state index in [9.17, 15) is 9.59 Å². The summed E-state index contributed by atoms with van der Waals surface area (Å²) in [5, 5.41) is 17.8. The van der Waals surface area contributed by atoms with Gasteiger partial charge in [0, 0.05) is 6.08 Å². The first-order valence-electron chi connectivity index (χ1n) is 4.90. The zero-order chi connectivity index (χ0) is 12.8. The van der Waals surface area contributed by atoms with E-state index in [1.807, 2.05) is 0 Å². The normalized spacial score (nSPS) is 12.4. The number of phenols is 1. The number of phenolic OH excluding ortho intramolecular Hbond substituents is 1. The highest BCUT2D eigenvalue weighted by Gasteiger charge is 2.13. The second-order valence-electron chi connectivity index (χ2n) is 3.34. The third-order valence-electron chi connectivity index (χ3n) is 1.85. The molecule has 2 N–H and O–H groups in total. The summed E-state index contributed by atoms with van der Waals surface area (Å²) in [4.78, 5) is 22.0. The van der Waals surface area contributed by atoms with Crippen molar-refractivity contribution in [2.45, 2.75) is 13.0 Å². The SMILES string of the molecule is CC(O)C(=O)OC(=O)/C=C/c1ccc(O)cc1. The van der Waals surface area contributed by atoms with Gasteiger partial charge in [0.15, 0.2) is 0 Å².